The number of pyridine rings is 1. The van der Waals surface area contributed by atoms with Gasteiger partial charge in [0.05, 0.1) is 11.3 Å². The van der Waals surface area contributed by atoms with Crippen LogP contribution in [0, 0.1) is 0 Å². The zero-order valence-corrected chi connectivity index (χ0v) is 18.6. The molecule has 3 rings (SSSR count). The number of nitrogens with two attached hydrogens (primary N) is 1. The lowest BCUT2D eigenvalue weighted by atomic mass is 10.1. The molecular weight excluding hydrogens is 429 g/mol. The van der Waals surface area contributed by atoms with Crippen molar-refractivity contribution in [2.45, 2.75) is 32.5 Å². The molecule has 0 aliphatic rings. The van der Waals surface area contributed by atoms with Gasteiger partial charge in [0.15, 0.2) is 0 Å². The van der Waals surface area contributed by atoms with E-state index in [0.717, 1.165) is 37.2 Å². The van der Waals surface area contributed by atoms with Crippen molar-refractivity contribution in [2.24, 2.45) is 0 Å². The van der Waals surface area contributed by atoms with Gasteiger partial charge in [-0.25, -0.2) is 0 Å². The van der Waals surface area contributed by atoms with Gasteiger partial charge in [-0.15, -0.1) is 0 Å². The first-order valence-corrected chi connectivity index (χ1v) is 10.7. The van der Waals surface area contributed by atoms with Gasteiger partial charge >= 0.3 is 6.18 Å². The van der Waals surface area contributed by atoms with Gasteiger partial charge in [-0.2, -0.15) is 13.2 Å². The molecular formula is C25H27F3N4O. The van der Waals surface area contributed by atoms with E-state index in [1.54, 1.807) is 12.1 Å². The van der Waals surface area contributed by atoms with Crippen LogP contribution >= 0.6 is 0 Å². The molecule has 0 bridgehead atoms. The maximum atomic E-state index is 12.9. The minimum atomic E-state index is -4.43. The van der Waals surface area contributed by atoms with Crippen molar-refractivity contribution in [3.05, 3.63) is 77.5 Å². The highest BCUT2D eigenvalue weighted by molar-refractivity contribution is 5.95. The molecule has 0 saturated heterocycles. The normalized spacial score (nSPS) is 11.3. The molecule has 0 saturated carbocycles. The Bertz CT molecular complexity index is 1110. The number of hydrogen-bond acceptors (Lipinski definition) is 4. The largest absolute Gasteiger partial charge is 0.416 e. The highest BCUT2D eigenvalue weighted by Gasteiger charge is 2.30. The Kier molecular flexibility index (Phi) is 7.58. The molecule has 0 unspecified atom stereocenters. The van der Waals surface area contributed by atoms with Crippen molar-refractivity contribution >= 4 is 17.3 Å². The van der Waals surface area contributed by atoms with Crippen LogP contribution in [0.4, 0.5) is 24.5 Å². The number of aromatic nitrogens is 1. The average Bonchev–Trinajstić information content (AvgIpc) is 2.81. The second-order valence-corrected chi connectivity index (χ2v) is 7.86. The Morgan fingerprint density at radius 3 is 2.64 bits per heavy atom. The third kappa shape index (κ3) is 6.25. The number of hydrogen-bond donors (Lipinski definition) is 2. The molecule has 1 heterocycles. The number of benzene rings is 2. The van der Waals surface area contributed by atoms with Gasteiger partial charge in [0.1, 0.15) is 0 Å². The van der Waals surface area contributed by atoms with E-state index >= 15 is 0 Å². The first-order valence-electron chi connectivity index (χ1n) is 10.7. The van der Waals surface area contributed by atoms with E-state index in [1.165, 1.54) is 18.3 Å². The number of carbonyl (C=O) groups excluding carboxylic acids is 1. The summed E-state index contributed by atoms with van der Waals surface area (Å²) in [5, 5.41) is 2.67. The van der Waals surface area contributed by atoms with E-state index in [0.29, 0.717) is 28.1 Å². The molecule has 174 valence electrons. The minimum absolute atomic E-state index is 0.0275. The number of rotatable bonds is 8. The predicted octanol–water partition coefficient (Wildman–Crippen LogP) is 5.52. The molecule has 3 aromatic rings. The van der Waals surface area contributed by atoms with Crippen LogP contribution in [0.3, 0.4) is 0 Å². The molecule has 0 aliphatic carbocycles. The Labute approximate surface area is 191 Å². The maximum absolute atomic E-state index is 12.9. The lowest BCUT2D eigenvalue weighted by molar-refractivity contribution is -0.137. The number of halogens is 3. The van der Waals surface area contributed by atoms with E-state index in [2.05, 4.69) is 22.1 Å². The fourth-order valence-corrected chi connectivity index (χ4v) is 3.39. The second-order valence-electron chi connectivity index (χ2n) is 7.86. The summed E-state index contributed by atoms with van der Waals surface area (Å²) in [5.74, 6) is -0.411. The summed E-state index contributed by atoms with van der Waals surface area (Å²) in [6.07, 6.45) is -0.762. The Hall–Kier alpha value is -3.55. The molecule has 0 radical (unpaired) electrons. The average molecular weight is 457 g/mol. The van der Waals surface area contributed by atoms with Gasteiger partial charge in [0, 0.05) is 48.8 Å². The van der Waals surface area contributed by atoms with E-state index in [4.69, 9.17) is 5.73 Å². The van der Waals surface area contributed by atoms with Crippen LogP contribution in [-0.4, -0.2) is 24.5 Å². The zero-order chi connectivity index (χ0) is 24.0. The molecule has 5 nitrogen and oxygen atoms in total. The molecule has 8 heteroatoms. The summed E-state index contributed by atoms with van der Waals surface area (Å²) >= 11 is 0. The summed E-state index contributed by atoms with van der Waals surface area (Å²) in [7, 11) is 2.01. The Morgan fingerprint density at radius 2 is 1.91 bits per heavy atom. The fourth-order valence-electron chi connectivity index (χ4n) is 3.39. The number of anilines is 2. The first kappa shape index (κ1) is 24.1. The summed E-state index contributed by atoms with van der Waals surface area (Å²) in [6.45, 7) is 3.02. The number of unbranched alkanes of at least 4 members (excludes halogenated alkanes) is 1. The quantitative estimate of drug-likeness (QED) is 0.438. The molecule has 33 heavy (non-hydrogen) atoms. The summed E-state index contributed by atoms with van der Waals surface area (Å²) in [4.78, 5) is 19.2. The van der Waals surface area contributed by atoms with Gasteiger partial charge in [-0.1, -0.05) is 25.5 Å². The van der Waals surface area contributed by atoms with E-state index in [-0.39, 0.29) is 6.54 Å². The molecule has 3 N–H and O–H groups in total. The SMILES string of the molecule is CCCCN(C)c1ccc(N)c(-c2cc(C(=O)NCc3cccc(C(F)(F)F)c3)ccn2)c1. The van der Waals surface area contributed by atoms with E-state index in [1.807, 2.05) is 25.2 Å². The molecule has 0 spiro atoms. The van der Waals surface area contributed by atoms with Crippen molar-refractivity contribution < 1.29 is 18.0 Å². The Balaban J connectivity index is 1.76. The van der Waals surface area contributed by atoms with Crippen LogP contribution in [0.2, 0.25) is 0 Å². The van der Waals surface area contributed by atoms with Gasteiger partial charge in [-0.05, 0) is 54.4 Å². The molecule has 0 atom stereocenters. The lowest BCUT2D eigenvalue weighted by Crippen LogP contribution is -2.23. The van der Waals surface area contributed by atoms with Crippen molar-refractivity contribution in [1.29, 1.82) is 0 Å². The lowest BCUT2D eigenvalue weighted by Gasteiger charge is -2.20. The standard InChI is InChI=1S/C25H27F3N4O/c1-3-4-12-32(2)20-8-9-22(29)21(15-20)23-14-18(10-11-30-23)24(33)31-16-17-6-5-7-19(13-17)25(26,27)28/h5-11,13-15H,3-4,12,16,29H2,1-2H3,(H,31,33). The van der Waals surface area contributed by atoms with Gasteiger partial charge in [0.25, 0.3) is 5.91 Å². The molecule has 1 aromatic heterocycles. The van der Waals surface area contributed by atoms with Crippen molar-refractivity contribution in [3.8, 4) is 11.3 Å². The van der Waals surface area contributed by atoms with Crippen molar-refractivity contribution in [1.82, 2.24) is 10.3 Å². The van der Waals surface area contributed by atoms with Gasteiger partial charge in [-0.3, -0.25) is 9.78 Å². The van der Waals surface area contributed by atoms with Crippen LogP contribution < -0.4 is 16.0 Å². The highest BCUT2D eigenvalue weighted by Crippen LogP contribution is 2.30. The second kappa shape index (κ2) is 10.4. The number of nitrogen functional groups attached to an aromatic ring is 1. The molecule has 0 aliphatic heterocycles. The van der Waals surface area contributed by atoms with Crippen LogP contribution in [-0.2, 0) is 12.7 Å². The molecule has 1 amide bonds. The van der Waals surface area contributed by atoms with E-state index < -0.39 is 17.6 Å². The summed E-state index contributed by atoms with van der Waals surface area (Å²) in [5.41, 5.74) is 8.93. The number of carbonyl (C=O) groups is 1. The van der Waals surface area contributed by atoms with E-state index in [9.17, 15) is 18.0 Å². The number of nitrogens with one attached hydrogen (secondary N) is 1. The smallest absolute Gasteiger partial charge is 0.398 e. The van der Waals surface area contributed by atoms with Crippen molar-refractivity contribution in [2.75, 3.05) is 24.2 Å². The van der Waals surface area contributed by atoms with Crippen LogP contribution in [0.25, 0.3) is 11.3 Å². The van der Waals surface area contributed by atoms with Gasteiger partial charge < -0.3 is 16.0 Å². The third-order valence-electron chi connectivity index (χ3n) is 5.33. The Morgan fingerprint density at radius 1 is 1.12 bits per heavy atom. The third-order valence-corrected chi connectivity index (χ3v) is 5.33. The topological polar surface area (TPSA) is 71.2 Å². The van der Waals surface area contributed by atoms with Crippen LogP contribution in [0.5, 0.6) is 0 Å². The first-order chi connectivity index (χ1) is 15.7. The van der Waals surface area contributed by atoms with Crippen LogP contribution in [0.15, 0.2) is 60.8 Å². The number of amides is 1. The van der Waals surface area contributed by atoms with Crippen molar-refractivity contribution in [3.63, 3.8) is 0 Å². The fraction of sp³-hybridized carbons (Fsp3) is 0.280. The van der Waals surface area contributed by atoms with Gasteiger partial charge in [0.2, 0.25) is 0 Å². The number of nitrogens with zero attached hydrogens (tertiary/aromatic N) is 2. The summed E-state index contributed by atoms with van der Waals surface area (Å²) in [6, 6.07) is 13.8. The maximum Gasteiger partial charge on any atom is 0.416 e. The predicted molar refractivity (Wildman–Crippen MR) is 125 cm³/mol. The monoisotopic (exact) mass is 456 g/mol. The number of alkyl halides is 3. The zero-order valence-electron chi connectivity index (χ0n) is 18.6. The van der Waals surface area contributed by atoms with Crippen LogP contribution in [0.1, 0.15) is 41.3 Å². The molecule has 0 fully saturated rings. The minimum Gasteiger partial charge on any atom is -0.398 e. The summed E-state index contributed by atoms with van der Waals surface area (Å²) < 4.78 is 38.7. The highest BCUT2D eigenvalue weighted by atomic mass is 19.4. The molecule has 2 aromatic carbocycles.